The van der Waals surface area contributed by atoms with Crippen molar-refractivity contribution in [3.8, 4) is 17.1 Å². The third-order valence-electron chi connectivity index (χ3n) is 5.21. The number of hydrogen-bond donors (Lipinski definition) is 2. The molecule has 0 bridgehead atoms. The van der Waals surface area contributed by atoms with Crippen LogP contribution in [0.5, 0.6) is 5.75 Å². The Morgan fingerprint density at radius 2 is 2.03 bits per heavy atom. The summed E-state index contributed by atoms with van der Waals surface area (Å²) in [7, 11) is 3.51. The Labute approximate surface area is 190 Å². The first kappa shape index (κ1) is 21.5. The van der Waals surface area contributed by atoms with Crippen LogP contribution in [-0.2, 0) is 18.4 Å². The largest absolute Gasteiger partial charge is 0.497 e. The van der Waals surface area contributed by atoms with Gasteiger partial charge in [0.2, 0.25) is 5.91 Å². The number of ether oxygens (including phenoxy) is 1. The molecule has 9 heteroatoms. The zero-order valence-electron chi connectivity index (χ0n) is 18.1. The molecule has 4 aromatic rings. The van der Waals surface area contributed by atoms with Crippen molar-refractivity contribution < 1.29 is 9.53 Å². The fraction of sp³-hybridized carbons (Fsp3) is 0.217. The van der Waals surface area contributed by atoms with Gasteiger partial charge in [0.25, 0.3) is 0 Å². The molecule has 1 atom stereocenters. The van der Waals surface area contributed by atoms with Crippen molar-refractivity contribution in [1.82, 2.24) is 29.6 Å². The van der Waals surface area contributed by atoms with E-state index in [1.807, 2.05) is 73.3 Å². The summed E-state index contributed by atoms with van der Waals surface area (Å²) in [6, 6.07) is 15.0. The Balaban J connectivity index is 1.62. The van der Waals surface area contributed by atoms with Gasteiger partial charge in [-0.3, -0.25) is 14.5 Å². The number of hydrogen-bond acceptors (Lipinski definition) is 5. The lowest BCUT2D eigenvalue weighted by Gasteiger charge is -2.20. The van der Waals surface area contributed by atoms with Gasteiger partial charge in [-0.25, -0.2) is 4.98 Å². The minimum absolute atomic E-state index is 0.0235. The second-order valence-corrected chi connectivity index (χ2v) is 7.86. The lowest BCUT2D eigenvalue weighted by molar-refractivity contribution is -0.122. The Morgan fingerprint density at radius 1 is 1.25 bits per heavy atom. The van der Waals surface area contributed by atoms with E-state index < -0.39 is 6.04 Å². The van der Waals surface area contributed by atoms with E-state index in [0.717, 1.165) is 28.3 Å². The zero-order valence-corrected chi connectivity index (χ0v) is 18.9. The van der Waals surface area contributed by atoms with E-state index in [2.05, 4.69) is 20.5 Å². The van der Waals surface area contributed by atoms with Crippen molar-refractivity contribution in [3.63, 3.8) is 0 Å². The average molecular weight is 449 g/mol. The number of aromatic nitrogens is 5. The molecule has 2 aromatic carbocycles. The lowest BCUT2D eigenvalue weighted by atomic mass is 10.1. The summed E-state index contributed by atoms with van der Waals surface area (Å²) in [5.41, 5.74) is 2.88. The Kier molecular flexibility index (Phi) is 6.18. The molecule has 0 unspecified atom stereocenters. The molecule has 2 N–H and O–H groups in total. The summed E-state index contributed by atoms with van der Waals surface area (Å²) in [5, 5.41) is 10.2. The number of imidazole rings is 1. The summed E-state index contributed by atoms with van der Waals surface area (Å²) in [6.45, 7) is 2.03. The molecule has 32 heavy (non-hydrogen) atoms. The molecule has 0 saturated carbocycles. The second kappa shape index (κ2) is 9.19. The van der Waals surface area contributed by atoms with Gasteiger partial charge in [0, 0.05) is 25.0 Å². The highest BCUT2D eigenvalue weighted by Crippen LogP contribution is 2.23. The molecule has 0 spiro atoms. The summed E-state index contributed by atoms with van der Waals surface area (Å²) < 4.78 is 9.22. The number of carbonyl (C=O) groups excluding carboxylic acids is 1. The monoisotopic (exact) mass is 448 g/mol. The third-order valence-corrected chi connectivity index (χ3v) is 5.52. The minimum atomic E-state index is -0.433. The number of rotatable bonds is 7. The van der Waals surface area contributed by atoms with Crippen molar-refractivity contribution in [2.24, 2.45) is 7.05 Å². The molecule has 2 heterocycles. The molecule has 0 aliphatic heterocycles. The number of H-pyrrole nitrogens is 1. The minimum Gasteiger partial charge on any atom is -0.497 e. The van der Waals surface area contributed by atoms with Crippen LogP contribution in [-0.4, -0.2) is 37.3 Å². The number of nitrogens with one attached hydrogen (secondary N) is 2. The molecule has 164 valence electrons. The molecule has 1 amide bonds. The van der Waals surface area contributed by atoms with Crippen LogP contribution in [0.3, 0.4) is 0 Å². The van der Waals surface area contributed by atoms with Crippen LogP contribution in [0.1, 0.15) is 23.0 Å². The molecule has 8 nitrogen and oxygen atoms in total. The maximum absolute atomic E-state index is 13.1. The first-order chi connectivity index (χ1) is 15.5. The van der Waals surface area contributed by atoms with E-state index in [1.165, 1.54) is 0 Å². The third kappa shape index (κ3) is 4.47. The zero-order chi connectivity index (χ0) is 22.7. The first-order valence-electron chi connectivity index (χ1n) is 10.1. The number of aryl methyl sites for hydroxylation is 2. The van der Waals surface area contributed by atoms with Crippen molar-refractivity contribution in [2.75, 3.05) is 7.11 Å². The number of benzene rings is 2. The van der Waals surface area contributed by atoms with Crippen molar-refractivity contribution >= 4 is 18.1 Å². The van der Waals surface area contributed by atoms with Gasteiger partial charge >= 0.3 is 0 Å². The Hall–Kier alpha value is -3.72. The smallest absolute Gasteiger partial charge is 0.240 e. The van der Waals surface area contributed by atoms with Crippen LogP contribution in [0, 0.1) is 11.7 Å². The highest BCUT2D eigenvalue weighted by molar-refractivity contribution is 7.71. The standard InChI is InChI=1S/C23H24N6O2S/c1-15-5-4-6-17(13-15)21-26-27-23(32)29(21)14-19(30)25-20(22-24-11-12-28(22)2)16-7-9-18(31-3)10-8-16/h4-13,20H,14H2,1-3H3,(H,25,30)(H,27,32)/t20-/m1/s1. The first-order valence-corrected chi connectivity index (χ1v) is 10.5. The van der Waals surface area contributed by atoms with Gasteiger partial charge in [-0.05, 0) is 42.9 Å². The summed E-state index contributed by atoms with van der Waals surface area (Å²) in [5.74, 6) is 1.87. The van der Waals surface area contributed by atoms with E-state index in [0.29, 0.717) is 10.6 Å². The van der Waals surface area contributed by atoms with Gasteiger partial charge in [0.15, 0.2) is 10.6 Å². The maximum Gasteiger partial charge on any atom is 0.240 e. The van der Waals surface area contributed by atoms with Crippen LogP contribution >= 0.6 is 12.2 Å². The fourth-order valence-corrected chi connectivity index (χ4v) is 3.76. The molecule has 0 fully saturated rings. The van der Waals surface area contributed by atoms with E-state index in [4.69, 9.17) is 17.0 Å². The molecule has 0 aliphatic rings. The van der Waals surface area contributed by atoms with Gasteiger partial charge < -0.3 is 14.6 Å². The topological polar surface area (TPSA) is 89.8 Å². The number of methoxy groups -OCH3 is 1. The van der Waals surface area contributed by atoms with Gasteiger partial charge in [0.1, 0.15) is 24.2 Å². The molecule has 2 aromatic heterocycles. The predicted octanol–water partition coefficient (Wildman–Crippen LogP) is 3.56. The second-order valence-electron chi connectivity index (χ2n) is 7.48. The molecule has 0 saturated heterocycles. The molecular formula is C23H24N6O2S. The van der Waals surface area contributed by atoms with Crippen LogP contribution in [0.4, 0.5) is 0 Å². The fourth-order valence-electron chi connectivity index (χ4n) is 3.57. The van der Waals surface area contributed by atoms with Crippen molar-refractivity contribution in [3.05, 3.63) is 82.6 Å². The van der Waals surface area contributed by atoms with Gasteiger partial charge in [-0.1, -0.05) is 35.9 Å². The van der Waals surface area contributed by atoms with E-state index in [1.54, 1.807) is 17.9 Å². The Bertz CT molecular complexity index is 1290. The van der Waals surface area contributed by atoms with Crippen LogP contribution < -0.4 is 10.1 Å². The number of carbonyl (C=O) groups is 1. The summed E-state index contributed by atoms with van der Waals surface area (Å²) in [4.78, 5) is 17.6. The predicted molar refractivity (Wildman–Crippen MR) is 124 cm³/mol. The van der Waals surface area contributed by atoms with E-state index >= 15 is 0 Å². The van der Waals surface area contributed by atoms with Crippen LogP contribution in [0.25, 0.3) is 11.4 Å². The van der Waals surface area contributed by atoms with E-state index in [-0.39, 0.29) is 12.5 Å². The highest BCUT2D eigenvalue weighted by atomic mass is 32.1. The SMILES string of the molecule is COc1ccc([C@@H](NC(=O)Cn2c(-c3cccc(C)c3)n[nH]c2=S)c2nccn2C)cc1. The Morgan fingerprint density at radius 3 is 2.69 bits per heavy atom. The lowest BCUT2D eigenvalue weighted by Crippen LogP contribution is -2.33. The summed E-state index contributed by atoms with van der Waals surface area (Å²) >= 11 is 5.39. The molecule has 0 aliphatic carbocycles. The number of amides is 1. The molecular weight excluding hydrogens is 424 g/mol. The summed E-state index contributed by atoms with van der Waals surface area (Å²) in [6.07, 6.45) is 3.56. The van der Waals surface area contributed by atoms with Crippen molar-refractivity contribution in [1.29, 1.82) is 0 Å². The number of aromatic amines is 1. The van der Waals surface area contributed by atoms with Gasteiger partial charge in [0.05, 0.1) is 7.11 Å². The average Bonchev–Trinajstić information content (AvgIpc) is 3.38. The normalized spacial score (nSPS) is 11.8. The van der Waals surface area contributed by atoms with Crippen molar-refractivity contribution in [2.45, 2.75) is 19.5 Å². The molecule has 0 radical (unpaired) electrons. The quantitative estimate of drug-likeness (QED) is 0.422. The number of nitrogens with zero attached hydrogens (tertiary/aromatic N) is 4. The van der Waals surface area contributed by atoms with Crippen LogP contribution in [0.2, 0.25) is 0 Å². The van der Waals surface area contributed by atoms with Gasteiger partial charge in [-0.15, -0.1) is 0 Å². The highest BCUT2D eigenvalue weighted by Gasteiger charge is 2.22. The molecule has 4 rings (SSSR count). The van der Waals surface area contributed by atoms with E-state index in [9.17, 15) is 4.79 Å². The van der Waals surface area contributed by atoms with Crippen LogP contribution in [0.15, 0.2) is 60.9 Å². The maximum atomic E-state index is 13.1. The van der Waals surface area contributed by atoms with Gasteiger partial charge in [-0.2, -0.15) is 5.10 Å².